The van der Waals surface area contributed by atoms with E-state index < -0.39 is 5.60 Å². The largest absolute Gasteiger partial charge is 0.508 e. The molecule has 0 aromatic heterocycles. The van der Waals surface area contributed by atoms with Crippen LogP contribution in [0.15, 0.2) is 67.3 Å². The summed E-state index contributed by atoms with van der Waals surface area (Å²) in [5.41, 5.74) is 1.08. The third-order valence-corrected chi connectivity index (χ3v) is 7.52. The maximum atomic E-state index is 12.8. The molecule has 180 valence electrons. The predicted molar refractivity (Wildman–Crippen MR) is 134 cm³/mol. The number of hydrogen-bond donors (Lipinski definition) is 3. The first-order valence-electron chi connectivity index (χ1n) is 11.9. The molecule has 0 bridgehead atoms. The number of nitrogens with zero attached hydrogens (tertiary/aromatic N) is 1. The summed E-state index contributed by atoms with van der Waals surface area (Å²) < 4.78 is 6.32. The molecule has 0 radical (unpaired) electrons. The van der Waals surface area contributed by atoms with Gasteiger partial charge in [-0.3, -0.25) is 9.69 Å². The second-order valence-electron chi connectivity index (χ2n) is 9.48. The Hall–Kier alpha value is -3.09. The van der Waals surface area contributed by atoms with Crippen molar-refractivity contribution in [3.05, 3.63) is 78.4 Å². The van der Waals surface area contributed by atoms with Gasteiger partial charge in [0.05, 0.1) is 5.60 Å². The van der Waals surface area contributed by atoms with Gasteiger partial charge in [-0.1, -0.05) is 30.3 Å². The highest BCUT2D eigenvalue weighted by molar-refractivity contribution is 5.92. The van der Waals surface area contributed by atoms with Gasteiger partial charge in [0.1, 0.15) is 11.5 Å². The third kappa shape index (κ3) is 4.74. The molecule has 1 amide bonds. The maximum Gasteiger partial charge on any atom is 0.244 e. The van der Waals surface area contributed by atoms with Crippen molar-refractivity contribution in [3.63, 3.8) is 0 Å². The molecule has 1 aliphatic heterocycles. The molecule has 1 saturated heterocycles. The van der Waals surface area contributed by atoms with Gasteiger partial charge < -0.3 is 20.3 Å². The molecule has 2 aromatic carbocycles. The molecule has 2 aliphatic rings. The minimum atomic E-state index is -0.416. The lowest BCUT2D eigenvalue weighted by atomic mass is 9.55. The second kappa shape index (κ2) is 10.0. The molecule has 1 saturated carbocycles. The number of nitrogens with one attached hydrogen (secondary N) is 1. The van der Waals surface area contributed by atoms with E-state index in [4.69, 9.17) is 4.74 Å². The molecule has 2 aromatic rings. The number of fused-ring (bicyclic) bond motifs is 1. The van der Waals surface area contributed by atoms with Crippen LogP contribution in [0, 0.1) is 0 Å². The van der Waals surface area contributed by atoms with Crippen molar-refractivity contribution in [2.24, 2.45) is 0 Å². The van der Waals surface area contributed by atoms with Crippen molar-refractivity contribution >= 4 is 12.0 Å². The number of rotatable bonds is 7. The Morgan fingerprint density at radius 2 is 1.97 bits per heavy atom. The summed E-state index contributed by atoms with van der Waals surface area (Å²) in [6.07, 6.45) is 8.35. The summed E-state index contributed by atoms with van der Waals surface area (Å²) in [5, 5.41) is 23.1. The van der Waals surface area contributed by atoms with E-state index in [0.29, 0.717) is 0 Å². The molecular weight excluding hydrogens is 428 g/mol. The van der Waals surface area contributed by atoms with Gasteiger partial charge in [-0.15, -0.1) is 6.58 Å². The summed E-state index contributed by atoms with van der Waals surface area (Å²) in [6, 6.07) is 14.3. The predicted octanol–water partition coefficient (Wildman–Crippen LogP) is 3.99. The number of methoxy groups -OCH3 is 1. The number of aromatic hydroxyl groups is 2. The number of benzene rings is 2. The molecule has 1 aliphatic carbocycles. The first-order chi connectivity index (χ1) is 16.4. The minimum Gasteiger partial charge on any atom is -0.508 e. The van der Waals surface area contributed by atoms with E-state index in [1.807, 2.05) is 24.3 Å². The topological polar surface area (TPSA) is 82.0 Å². The Bertz CT molecular complexity index is 1070. The SMILES string of the molecule is C=CCN1CCC2(c3cccc(O)c3)CC(NC(=O)C=Cc3cccc(O)c3)CCC2(OC)C1. The Morgan fingerprint density at radius 3 is 2.68 bits per heavy atom. The van der Waals surface area contributed by atoms with Crippen LogP contribution in [-0.4, -0.2) is 59.4 Å². The lowest BCUT2D eigenvalue weighted by Crippen LogP contribution is -2.67. The van der Waals surface area contributed by atoms with E-state index in [-0.39, 0.29) is 28.9 Å². The third-order valence-electron chi connectivity index (χ3n) is 7.52. The average molecular weight is 463 g/mol. The molecule has 3 N–H and O–H groups in total. The molecule has 6 nitrogen and oxygen atoms in total. The fourth-order valence-corrected chi connectivity index (χ4v) is 5.91. The van der Waals surface area contributed by atoms with Crippen molar-refractivity contribution in [2.75, 3.05) is 26.7 Å². The number of likely N-dealkylation sites (tertiary alicyclic amines) is 1. The number of piperidine rings is 1. The van der Waals surface area contributed by atoms with Crippen molar-refractivity contribution < 1.29 is 19.7 Å². The van der Waals surface area contributed by atoms with E-state index in [1.165, 1.54) is 6.08 Å². The van der Waals surface area contributed by atoms with E-state index in [9.17, 15) is 15.0 Å². The lowest BCUT2D eigenvalue weighted by molar-refractivity contribution is -0.148. The van der Waals surface area contributed by atoms with Gasteiger partial charge in [0, 0.05) is 37.7 Å². The van der Waals surface area contributed by atoms with Crippen molar-refractivity contribution in [2.45, 2.75) is 42.7 Å². The zero-order valence-electron chi connectivity index (χ0n) is 19.7. The molecule has 34 heavy (non-hydrogen) atoms. The molecule has 6 heteroatoms. The standard InChI is InChI=1S/C28H34N2O4/c1-3-15-30-16-14-27(22-7-5-9-25(32)18-22)19-23(12-13-28(27,20-30)34-2)29-26(33)11-10-21-6-4-8-24(31)17-21/h3-11,17-18,23,31-32H,1,12-16,19-20H2,2H3,(H,29,33). The molecule has 0 spiro atoms. The summed E-state index contributed by atoms with van der Waals surface area (Å²) in [5.74, 6) is 0.251. The van der Waals surface area contributed by atoms with Crippen LogP contribution in [0.25, 0.3) is 6.08 Å². The van der Waals surface area contributed by atoms with Crippen LogP contribution < -0.4 is 5.32 Å². The monoisotopic (exact) mass is 462 g/mol. The second-order valence-corrected chi connectivity index (χ2v) is 9.48. The Morgan fingerprint density at radius 1 is 1.21 bits per heavy atom. The summed E-state index contributed by atoms with van der Waals surface area (Å²) in [7, 11) is 1.78. The van der Waals surface area contributed by atoms with Crippen LogP contribution >= 0.6 is 0 Å². The van der Waals surface area contributed by atoms with Crippen LogP contribution in [0.4, 0.5) is 0 Å². The summed E-state index contributed by atoms with van der Waals surface area (Å²) in [6.45, 7) is 6.38. The molecular formula is C28H34N2O4. The van der Waals surface area contributed by atoms with E-state index in [1.54, 1.807) is 37.5 Å². The fourth-order valence-electron chi connectivity index (χ4n) is 5.91. The first kappa shape index (κ1) is 24.0. The van der Waals surface area contributed by atoms with E-state index in [2.05, 4.69) is 22.9 Å². The molecule has 3 atom stereocenters. The smallest absolute Gasteiger partial charge is 0.244 e. The van der Waals surface area contributed by atoms with Crippen LogP contribution in [0.5, 0.6) is 11.5 Å². The highest BCUT2D eigenvalue weighted by atomic mass is 16.5. The highest BCUT2D eigenvalue weighted by Crippen LogP contribution is 2.53. The fraction of sp³-hybridized carbons (Fsp3) is 0.393. The van der Waals surface area contributed by atoms with E-state index in [0.717, 1.165) is 56.4 Å². The van der Waals surface area contributed by atoms with Gasteiger partial charge >= 0.3 is 0 Å². The Labute approximate surface area is 201 Å². The van der Waals surface area contributed by atoms with Gasteiger partial charge in [-0.05, 0) is 73.7 Å². The molecule has 1 heterocycles. The quantitative estimate of drug-likeness (QED) is 0.428. The number of amides is 1. The Balaban J connectivity index is 1.58. The van der Waals surface area contributed by atoms with Gasteiger partial charge in [0.25, 0.3) is 0 Å². The lowest BCUT2D eigenvalue weighted by Gasteiger charge is -2.59. The van der Waals surface area contributed by atoms with Gasteiger partial charge in [0.15, 0.2) is 0 Å². The zero-order valence-corrected chi connectivity index (χ0v) is 19.7. The minimum absolute atomic E-state index is 0.0158. The zero-order chi connectivity index (χ0) is 24.2. The Kier molecular flexibility index (Phi) is 7.10. The van der Waals surface area contributed by atoms with Crippen LogP contribution in [0.3, 0.4) is 0 Å². The van der Waals surface area contributed by atoms with Gasteiger partial charge in [-0.25, -0.2) is 0 Å². The van der Waals surface area contributed by atoms with Crippen LogP contribution in [0.2, 0.25) is 0 Å². The van der Waals surface area contributed by atoms with Crippen molar-refractivity contribution in [1.82, 2.24) is 10.2 Å². The number of phenols is 2. The van der Waals surface area contributed by atoms with E-state index >= 15 is 0 Å². The van der Waals surface area contributed by atoms with Gasteiger partial charge in [0.2, 0.25) is 5.91 Å². The van der Waals surface area contributed by atoms with Crippen molar-refractivity contribution in [3.8, 4) is 11.5 Å². The molecule has 3 unspecified atom stereocenters. The summed E-state index contributed by atoms with van der Waals surface area (Å²) in [4.78, 5) is 15.1. The number of phenolic OH excluding ortho intramolecular Hbond substituents is 2. The number of ether oxygens (including phenoxy) is 1. The average Bonchev–Trinajstić information content (AvgIpc) is 2.83. The van der Waals surface area contributed by atoms with Crippen LogP contribution in [-0.2, 0) is 14.9 Å². The van der Waals surface area contributed by atoms with Crippen molar-refractivity contribution in [1.29, 1.82) is 0 Å². The molecule has 2 fully saturated rings. The highest BCUT2D eigenvalue weighted by Gasteiger charge is 2.58. The summed E-state index contributed by atoms with van der Waals surface area (Å²) >= 11 is 0. The molecule has 4 rings (SSSR count). The van der Waals surface area contributed by atoms with Crippen LogP contribution in [0.1, 0.15) is 36.8 Å². The first-order valence-corrected chi connectivity index (χ1v) is 11.9. The maximum absolute atomic E-state index is 12.8. The number of hydrogen-bond acceptors (Lipinski definition) is 5. The number of carbonyl (C=O) groups is 1. The van der Waals surface area contributed by atoms with Gasteiger partial charge in [-0.2, -0.15) is 0 Å². The normalized spacial score (nSPS) is 27.3. The number of carbonyl (C=O) groups excluding carboxylic acids is 1.